The molecule has 0 aliphatic heterocycles. The van der Waals surface area contributed by atoms with Crippen molar-refractivity contribution >= 4 is 0 Å². The van der Waals surface area contributed by atoms with Gasteiger partial charge >= 0.3 is 0 Å². The Kier molecular flexibility index (Phi) is 2.29. The Morgan fingerprint density at radius 1 is 0.933 bits per heavy atom. The van der Waals surface area contributed by atoms with Gasteiger partial charge in [-0.1, -0.05) is 12.1 Å². The highest BCUT2D eigenvalue weighted by Gasteiger charge is 2.05. The predicted molar refractivity (Wildman–Crippen MR) is 55.2 cm³/mol. The molecule has 0 saturated heterocycles. The van der Waals surface area contributed by atoms with E-state index in [9.17, 15) is 14.6 Å². The molecule has 15 heavy (non-hydrogen) atoms. The standard InChI is InChI=1S/C12H9FO2/c13-9-4-5-11(12(15)7-9)8-2-1-3-10(14)6-8/h1-7,14-15H. The van der Waals surface area contributed by atoms with Crippen LogP contribution in [-0.2, 0) is 0 Å². The van der Waals surface area contributed by atoms with Crippen molar-refractivity contribution in [2.75, 3.05) is 0 Å². The van der Waals surface area contributed by atoms with Crippen LogP contribution in [0.3, 0.4) is 0 Å². The summed E-state index contributed by atoms with van der Waals surface area (Å²) >= 11 is 0. The summed E-state index contributed by atoms with van der Waals surface area (Å²) < 4.78 is 12.7. The molecule has 0 amide bonds. The fourth-order valence-electron chi connectivity index (χ4n) is 1.42. The number of hydrogen-bond acceptors (Lipinski definition) is 2. The van der Waals surface area contributed by atoms with Crippen LogP contribution in [0.2, 0.25) is 0 Å². The van der Waals surface area contributed by atoms with Gasteiger partial charge in [0, 0.05) is 11.6 Å². The van der Waals surface area contributed by atoms with Crippen LogP contribution in [0.15, 0.2) is 42.5 Å². The lowest BCUT2D eigenvalue weighted by atomic mass is 10.0. The SMILES string of the molecule is Oc1cccc(-c2ccc(F)cc2O)c1. The van der Waals surface area contributed by atoms with Crippen LogP contribution >= 0.6 is 0 Å². The second kappa shape index (κ2) is 3.61. The Balaban J connectivity index is 2.54. The Labute approximate surface area is 86.2 Å². The van der Waals surface area contributed by atoms with E-state index in [0.29, 0.717) is 11.1 Å². The van der Waals surface area contributed by atoms with Crippen LogP contribution in [0.1, 0.15) is 0 Å². The third kappa shape index (κ3) is 1.91. The quantitative estimate of drug-likeness (QED) is 0.749. The molecular formula is C12H9FO2. The molecule has 0 atom stereocenters. The third-order valence-electron chi connectivity index (χ3n) is 2.12. The predicted octanol–water partition coefficient (Wildman–Crippen LogP) is 2.90. The first-order chi connectivity index (χ1) is 7.16. The average molecular weight is 204 g/mol. The lowest BCUT2D eigenvalue weighted by Crippen LogP contribution is -1.80. The molecule has 2 N–H and O–H groups in total. The molecular weight excluding hydrogens is 195 g/mol. The zero-order valence-electron chi connectivity index (χ0n) is 7.81. The summed E-state index contributed by atoms with van der Waals surface area (Å²) in [5, 5.41) is 18.8. The van der Waals surface area contributed by atoms with Crippen molar-refractivity contribution in [2.24, 2.45) is 0 Å². The maximum atomic E-state index is 12.7. The topological polar surface area (TPSA) is 40.5 Å². The zero-order valence-corrected chi connectivity index (χ0v) is 7.81. The molecule has 76 valence electrons. The fourth-order valence-corrected chi connectivity index (χ4v) is 1.42. The lowest BCUT2D eigenvalue weighted by molar-refractivity contribution is 0.470. The van der Waals surface area contributed by atoms with Crippen LogP contribution in [0.4, 0.5) is 4.39 Å². The van der Waals surface area contributed by atoms with E-state index in [1.54, 1.807) is 12.1 Å². The van der Waals surface area contributed by atoms with Gasteiger partial charge in [0.15, 0.2) is 0 Å². The second-order valence-corrected chi connectivity index (χ2v) is 3.21. The van der Waals surface area contributed by atoms with Crippen LogP contribution in [-0.4, -0.2) is 10.2 Å². The molecule has 0 heterocycles. The van der Waals surface area contributed by atoms with Crippen molar-refractivity contribution in [3.63, 3.8) is 0 Å². The smallest absolute Gasteiger partial charge is 0.126 e. The highest BCUT2D eigenvalue weighted by Crippen LogP contribution is 2.31. The maximum absolute atomic E-state index is 12.7. The number of rotatable bonds is 1. The van der Waals surface area contributed by atoms with E-state index < -0.39 is 5.82 Å². The van der Waals surface area contributed by atoms with E-state index in [2.05, 4.69) is 0 Å². The Bertz CT molecular complexity index is 495. The van der Waals surface area contributed by atoms with Crippen molar-refractivity contribution < 1.29 is 14.6 Å². The molecule has 0 aliphatic rings. The molecule has 0 aliphatic carbocycles. The summed E-state index contributed by atoms with van der Waals surface area (Å²) in [6.07, 6.45) is 0. The van der Waals surface area contributed by atoms with Crippen LogP contribution in [0, 0.1) is 5.82 Å². The van der Waals surface area contributed by atoms with Crippen LogP contribution in [0.25, 0.3) is 11.1 Å². The molecule has 0 radical (unpaired) electrons. The molecule has 0 spiro atoms. The van der Waals surface area contributed by atoms with E-state index >= 15 is 0 Å². The number of hydrogen-bond donors (Lipinski definition) is 2. The van der Waals surface area contributed by atoms with Gasteiger partial charge in [-0.25, -0.2) is 4.39 Å². The summed E-state index contributed by atoms with van der Waals surface area (Å²) in [7, 11) is 0. The first kappa shape index (κ1) is 9.52. The molecule has 2 aromatic rings. The second-order valence-electron chi connectivity index (χ2n) is 3.21. The molecule has 2 aromatic carbocycles. The molecule has 2 nitrogen and oxygen atoms in total. The molecule has 0 saturated carbocycles. The van der Waals surface area contributed by atoms with Gasteiger partial charge < -0.3 is 10.2 Å². The maximum Gasteiger partial charge on any atom is 0.126 e. The van der Waals surface area contributed by atoms with Gasteiger partial charge in [0.05, 0.1) is 0 Å². The minimum atomic E-state index is -0.489. The van der Waals surface area contributed by atoms with Gasteiger partial charge in [-0.05, 0) is 29.8 Å². The van der Waals surface area contributed by atoms with Gasteiger partial charge in [0.25, 0.3) is 0 Å². The molecule has 3 heteroatoms. The summed E-state index contributed by atoms with van der Waals surface area (Å²) in [4.78, 5) is 0. The lowest BCUT2D eigenvalue weighted by Gasteiger charge is -2.04. The number of phenols is 2. The van der Waals surface area contributed by atoms with E-state index in [0.717, 1.165) is 6.07 Å². The molecule has 2 rings (SSSR count). The summed E-state index contributed by atoms with van der Waals surface area (Å²) in [5.41, 5.74) is 1.14. The largest absolute Gasteiger partial charge is 0.508 e. The monoisotopic (exact) mass is 204 g/mol. The number of halogens is 1. The van der Waals surface area contributed by atoms with Gasteiger partial charge in [0.2, 0.25) is 0 Å². The first-order valence-corrected chi connectivity index (χ1v) is 4.45. The normalized spacial score (nSPS) is 10.2. The summed E-state index contributed by atoms with van der Waals surface area (Å²) in [6, 6.07) is 10.2. The summed E-state index contributed by atoms with van der Waals surface area (Å²) in [6.45, 7) is 0. The highest BCUT2D eigenvalue weighted by molar-refractivity contribution is 5.70. The first-order valence-electron chi connectivity index (χ1n) is 4.45. The highest BCUT2D eigenvalue weighted by atomic mass is 19.1. The minimum Gasteiger partial charge on any atom is -0.508 e. The minimum absolute atomic E-state index is 0.108. The summed E-state index contributed by atoms with van der Waals surface area (Å²) in [5.74, 6) is -0.520. The Hall–Kier alpha value is -2.03. The molecule has 0 aromatic heterocycles. The fraction of sp³-hybridized carbons (Fsp3) is 0. The number of phenolic OH excluding ortho intramolecular Hbond substituents is 2. The van der Waals surface area contributed by atoms with Gasteiger partial charge in [-0.15, -0.1) is 0 Å². The average Bonchev–Trinajstić information content (AvgIpc) is 2.17. The van der Waals surface area contributed by atoms with Crippen molar-refractivity contribution in [3.8, 4) is 22.6 Å². The van der Waals surface area contributed by atoms with Crippen molar-refractivity contribution in [3.05, 3.63) is 48.3 Å². The van der Waals surface area contributed by atoms with Crippen LogP contribution in [0.5, 0.6) is 11.5 Å². The zero-order chi connectivity index (χ0) is 10.8. The van der Waals surface area contributed by atoms with Gasteiger partial charge in [0.1, 0.15) is 17.3 Å². The molecule has 0 bridgehead atoms. The van der Waals surface area contributed by atoms with E-state index in [1.165, 1.54) is 24.3 Å². The van der Waals surface area contributed by atoms with E-state index in [-0.39, 0.29) is 11.5 Å². The molecule has 0 fully saturated rings. The van der Waals surface area contributed by atoms with Crippen LogP contribution < -0.4 is 0 Å². The van der Waals surface area contributed by atoms with E-state index in [4.69, 9.17) is 0 Å². The van der Waals surface area contributed by atoms with Crippen molar-refractivity contribution in [2.45, 2.75) is 0 Å². The van der Waals surface area contributed by atoms with Crippen molar-refractivity contribution in [1.82, 2.24) is 0 Å². The number of aromatic hydroxyl groups is 2. The molecule has 0 unspecified atom stereocenters. The van der Waals surface area contributed by atoms with Crippen molar-refractivity contribution in [1.29, 1.82) is 0 Å². The van der Waals surface area contributed by atoms with Gasteiger partial charge in [-0.2, -0.15) is 0 Å². The third-order valence-corrected chi connectivity index (χ3v) is 2.12. The number of benzene rings is 2. The van der Waals surface area contributed by atoms with E-state index in [1.807, 2.05) is 0 Å². The van der Waals surface area contributed by atoms with Gasteiger partial charge in [-0.3, -0.25) is 0 Å². The Morgan fingerprint density at radius 2 is 1.73 bits per heavy atom. The Morgan fingerprint density at radius 3 is 2.40 bits per heavy atom.